The summed E-state index contributed by atoms with van der Waals surface area (Å²) in [6.45, 7) is 0.261. The number of methoxy groups -OCH3 is 1. The molecule has 0 bridgehead atoms. The summed E-state index contributed by atoms with van der Waals surface area (Å²) in [4.78, 5) is 11.6. The van der Waals surface area contributed by atoms with Crippen LogP contribution in [-0.4, -0.2) is 45.0 Å². The van der Waals surface area contributed by atoms with E-state index in [0.29, 0.717) is 12.8 Å². The predicted octanol–water partition coefficient (Wildman–Crippen LogP) is 0.0200. The van der Waals surface area contributed by atoms with Gasteiger partial charge in [0.15, 0.2) is 0 Å². The molecule has 0 aromatic carbocycles. The van der Waals surface area contributed by atoms with Gasteiger partial charge in [0, 0.05) is 18.6 Å². The van der Waals surface area contributed by atoms with Gasteiger partial charge in [-0.1, -0.05) is 6.42 Å². The molecule has 2 atom stereocenters. The molecular weight excluding hydrogens is 270 g/mol. The molecule has 6 nitrogen and oxygen atoms in total. The maximum absolute atomic E-state index is 12.3. The lowest BCUT2D eigenvalue weighted by atomic mass is 10.1. The molecule has 0 saturated heterocycles. The molecule has 0 amide bonds. The van der Waals surface area contributed by atoms with Crippen LogP contribution in [0.4, 0.5) is 0 Å². The van der Waals surface area contributed by atoms with Gasteiger partial charge in [0.05, 0.1) is 18.3 Å². The van der Waals surface area contributed by atoms with Crippen molar-refractivity contribution in [3.63, 3.8) is 0 Å². The van der Waals surface area contributed by atoms with Gasteiger partial charge in [0.25, 0.3) is 0 Å². The van der Waals surface area contributed by atoms with E-state index < -0.39 is 27.2 Å². The number of aliphatic hydroxyl groups is 1. The summed E-state index contributed by atoms with van der Waals surface area (Å²) < 4.78 is 31.7. The number of hydrogen-bond donors (Lipinski definition) is 2. The first-order valence-corrected chi connectivity index (χ1v) is 8.16. The highest BCUT2D eigenvalue weighted by Gasteiger charge is 2.46. The standard InChI is InChI=1S/C12H21NO5S/c1-18-11(15)9-3-2-4-10(9)19(16,17)13-7-12(8-14)5-6-12/h9-10,13-14H,2-8H2,1H3. The van der Waals surface area contributed by atoms with Crippen LogP contribution in [0, 0.1) is 11.3 Å². The number of rotatable bonds is 6. The first-order chi connectivity index (χ1) is 8.94. The normalized spacial score (nSPS) is 29.2. The smallest absolute Gasteiger partial charge is 0.310 e. The summed E-state index contributed by atoms with van der Waals surface area (Å²) in [5.41, 5.74) is -0.271. The number of ether oxygens (including phenoxy) is 1. The summed E-state index contributed by atoms with van der Waals surface area (Å²) in [6.07, 6.45) is 3.45. The Morgan fingerprint density at radius 2 is 2.11 bits per heavy atom. The zero-order valence-electron chi connectivity index (χ0n) is 11.1. The highest BCUT2D eigenvalue weighted by atomic mass is 32.2. The maximum atomic E-state index is 12.3. The van der Waals surface area contributed by atoms with Crippen molar-refractivity contribution in [2.75, 3.05) is 20.3 Å². The third kappa shape index (κ3) is 3.09. The fourth-order valence-corrected chi connectivity index (χ4v) is 4.52. The van der Waals surface area contributed by atoms with Crippen molar-refractivity contribution in [3.05, 3.63) is 0 Å². The summed E-state index contributed by atoms with van der Waals surface area (Å²) in [5.74, 6) is -1.01. The Morgan fingerprint density at radius 3 is 2.63 bits per heavy atom. The first kappa shape index (κ1) is 14.7. The zero-order valence-corrected chi connectivity index (χ0v) is 11.9. The summed E-state index contributed by atoms with van der Waals surface area (Å²) >= 11 is 0. The fraction of sp³-hybridized carbons (Fsp3) is 0.917. The number of esters is 1. The van der Waals surface area contributed by atoms with Crippen molar-refractivity contribution in [2.45, 2.75) is 37.4 Å². The molecule has 2 saturated carbocycles. The molecule has 2 N–H and O–H groups in total. The van der Waals surface area contributed by atoms with Crippen molar-refractivity contribution in [2.24, 2.45) is 11.3 Å². The highest BCUT2D eigenvalue weighted by molar-refractivity contribution is 7.90. The molecule has 0 aromatic heterocycles. The monoisotopic (exact) mass is 291 g/mol. The van der Waals surface area contributed by atoms with Gasteiger partial charge in [-0.2, -0.15) is 0 Å². The minimum absolute atomic E-state index is 0.000612. The molecule has 2 unspecified atom stereocenters. The van der Waals surface area contributed by atoms with Gasteiger partial charge in [-0.05, 0) is 25.7 Å². The van der Waals surface area contributed by atoms with Crippen LogP contribution in [-0.2, 0) is 19.6 Å². The molecule has 7 heteroatoms. The number of carbonyl (C=O) groups is 1. The quantitative estimate of drug-likeness (QED) is 0.673. The Bertz CT molecular complexity index is 443. The van der Waals surface area contributed by atoms with Crippen LogP contribution in [0.15, 0.2) is 0 Å². The minimum atomic E-state index is -3.53. The van der Waals surface area contributed by atoms with E-state index in [1.165, 1.54) is 7.11 Å². The van der Waals surface area contributed by atoms with Crippen LogP contribution >= 0.6 is 0 Å². The fourth-order valence-electron chi connectivity index (χ4n) is 2.65. The van der Waals surface area contributed by atoms with E-state index in [-0.39, 0.29) is 18.6 Å². The van der Waals surface area contributed by atoms with E-state index in [0.717, 1.165) is 19.3 Å². The Labute approximate surface area is 113 Å². The second-order valence-corrected chi connectivity index (χ2v) is 7.61. The van der Waals surface area contributed by atoms with E-state index in [1.807, 2.05) is 0 Å². The lowest BCUT2D eigenvalue weighted by Gasteiger charge is -2.20. The Balaban J connectivity index is 2.00. The van der Waals surface area contributed by atoms with Crippen molar-refractivity contribution in [1.82, 2.24) is 4.72 Å². The molecule has 0 spiro atoms. The largest absolute Gasteiger partial charge is 0.469 e. The number of nitrogens with one attached hydrogen (secondary N) is 1. The number of carbonyl (C=O) groups excluding carboxylic acids is 1. The van der Waals surface area contributed by atoms with Crippen LogP contribution in [0.5, 0.6) is 0 Å². The summed E-state index contributed by atoms with van der Waals surface area (Å²) in [6, 6.07) is 0. The molecule has 2 aliphatic carbocycles. The number of sulfonamides is 1. The van der Waals surface area contributed by atoms with Crippen LogP contribution in [0.3, 0.4) is 0 Å². The predicted molar refractivity (Wildman–Crippen MR) is 68.8 cm³/mol. The lowest BCUT2D eigenvalue weighted by molar-refractivity contribution is -0.145. The third-order valence-electron chi connectivity index (χ3n) is 4.30. The second kappa shape index (κ2) is 5.38. The van der Waals surface area contributed by atoms with E-state index in [4.69, 9.17) is 0 Å². The van der Waals surface area contributed by atoms with Gasteiger partial charge >= 0.3 is 5.97 Å². The molecule has 0 aliphatic heterocycles. The summed E-state index contributed by atoms with van der Waals surface area (Å²) in [7, 11) is -2.25. The van der Waals surface area contributed by atoms with E-state index in [1.54, 1.807) is 0 Å². The van der Waals surface area contributed by atoms with Crippen molar-refractivity contribution < 1.29 is 23.1 Å². The van der Waals surface area contributed by atoms with Crippen LogP contribution in [0.25, 0.3) is 0 Å². The molecule has 0 aromatic rings. The van der Waals surface area contributed by atoms with Crippen molar-refractivity contribution in [3.8, 4) is 0 Å². The second-order valence-electron chi connectivity index (χ2n) is 5.62. The van der Waals surface area contributed by atoms with Crippen molar-refractivity contribution >= 4 is 16.0 Å². The Hall–Kier alpha value is -0.660. The van der Waals surface area contributed by atoms with Gasteiger partial charge in [-0.15, -0.1) is 0 Å². The third-order valence-corrected chi connectivity index (χ3v) is 6.20. The van der Waals surface area contributed by atoms with E-state index in [2.05, 4.69) is 9.46 Å². The van der Waals surface area contributed by atoms with Gasteiger partial charge < -0.3 is 9.84 Å². The SMILES string of the molecule is COC(=O)C1CCCC1S(=O)(=O)NCC1(CO)CC1. The Kier molecular flexibility index (Phi) is 4.17. The molecule has 0 heterocycles. The van der Waals surface area contributed by atoms with E-state index >= 15 is 0 Å². The van der Waals surface area contributed by atoms with Gasteiger partial charge in [-0.3, -0.25) is 4.79 Å². The minimum Gasteiger partial charge on any atom is -0.469 e. The molecule has 110 valence electrons. The molecule has 2 aliphatic rings. The zero-order chi connectivity index (χ0) is 14.1. The van der Waals surface area contributed by atoms with Gasteiger partial charge in [0.2, 0.25) is 10.0 Å². The van der Waals surface area contributed by atoms with Crippen LogP contribution in [0.2, 0.25) is 0 Å². The van der Waals surface area contributed by atoms with Crippen molar-refractivity contribution in [1.29, 1.82) is 0 Å². The van der Waals surface area contributed by atoms with E-state index in [9.17, 15) is 18.3 Å². The molecule has 19 heavy (non-hydrogen) atoms. The summed E-state index contributed by atoms with van der Waals surface area (Å²) in [5, 5.41) is 8.49. The number of aliphatic hydroxyl groups excluding tert-OH is 1. The van der Waals surface area contributed by atoms with Crippen LogP contribution < -0.4 is 4.72 Å². The molecule has 2 fully saturated rings. The molecular formula is C12H21NO5S. The van der Waals surface area contributed by atoms with Crippen LogP contribution in [0.1, 0.15) is 32.1 Å². The number of hydrogen-bond acceptors (Lipinski definition) is 5. The van der Waals surface area contributed by atoms with Gasteiger partial charge in [-0.25, -0.2) is 13.1 Å². The topological polar surface area (TPSA) is 92.7 Å². The highest BCUT2D eigenvalue weighted by Crippen LogP contribution is 2.44. The maximum Gasteiger partial charge on any atom is 0.310 e. The lowest BCUT2D eigenvalue weighted by Crippen LogP contribution is -2.42. The average molecular weight is 291 g/mol. The molecule has 0 radical (unpaired) electrons. The first-order valence-electron chi connectivity index (χ1n) is 6.61. The average Bonchev–Trinajstić information content (AvgIpc) is 3.01. The van der Waals surface area contributed by atoms with Gasteiger partial charge in [0.1, 0.15) is 0 Å². The molecule has 2 rings (SSSR count). The Morgan fingerprint density at radius 1 is 1.42 bits per heavy atom.